The Labute approximate surface area is 115 Å². The van der Waals surface area contributed by atoms with Crippen molar-refractivity contribution in [1.29, 1.82) is 0 Å². The van der Waals surface area contributed by atoms with E-state index in [0.29, 0.717) is 13.2 Å². The molecule has 0 radical (unpaired) electrons. The second-order valence-electron chi connectivity index (χ2n) is 3.71. The molecule has 0 amide bonds. The summed E-state index contributed by atoms with van der Waals surface area (Å²) in [6.07, 6.45) is 0. The molecule has 4 nitrogen and oxygen atoms in total. The fourth-order valence-corrected chi connectivity index (χ4v) is 0.947. The summed E-state index contributed by atoms with van der Waals surface area (Å²) >= 11 is 0. The molecule has 0 aliphatic carbocycles. The summed E-state index contributed by atoms with van der Waals surface area (Å²) in [7, 11) is 7.97. The average molecular weight is 264 g/mol. The van der Waals surface area contributed by atoms with Crippen LogP contribution >= 0.6 is 0 Å². The number of rotatable bonds is 9. The van der Waals surface area contributed by atoms with Crippen LogP contribution < -0.4 is 0 Å². The molecule has 0 aromatic rings. The van der Waals surface area contributed by atoms with E-state index in [0.717, 1.165) is 26.2 Å². The minimum atomic E-state index is 0.682. The van der Waals surface area contributed by atoms with Gasteiger partial charge in [-0.3, -0.25) is 0 Å². The molecular weight excluding hydrogens is 228 g/mol. The highest BCUT2D eigenvalue weighted by Crippen LogP contribution is 1.85. The predicted molar refractivity (Wildman–Crippen MR) is 81.4 cm³/mol. The molecule has 4 heteroatoms. The van der Waals surface area contributed by atoms with Crippen LogP contribution in [0.4, 0.5) is 0 Å². The number of ether oxygens (including phenoxy) is 2. The van der Waals surface area contributed by atoms with Crippen LogP contribution in [0.3, 0.4) is 0 Å². The molecule has 0 bridgehead atoms. The van der Waals surface area contributed by atoms with Gasteiger partial charge in [-0.1, -0.05) is 27.7 Å². The maximum atomic E-state index is 5.37. The van der Waals surface area contributed by atoms with Gasteiger partial charge in [-0.05, 0) is 21.1 Å². The summed E-state index contributed by atoms with van der Waals surface area (Å²) in [4.78, 5) is 4.45. The Bertz CT molecular complexity index is 122. The molecule has 0 saturated carbocycles. The van der Waals surface area contributed by atoms with E-state index in [1.165, 1.54) is 0 Å². The summed E-state index contributed by atoms with van der Waals surface area (Å²) in [5, 5.41) is 0. The van der Waals surface area contributed by atoms with E-state index >= 15 is 0 Å². The lowest BCUT2D eigenvalue weighted by Crippen LogP contribution is -2.31. The minimum absolute atomic E-state index is 0.682. The molecule has 0 aromatic heterocycles. The van der Waals surface area contributed by atoms with Crippen LogP contribution in [0, 0.1) is 0 Å². The quantitative estimate of drug-likeness (QED) is 0.596. The maximum Gasteiger partial charge on any atom is 0.0700 e. The monoisotopic (exact) mass is 264 g/mol. The van der Waals surface area contributed by atoms with Crippen LogP contribution in [-0.4, -0.2) is 77.5 Å². The van der Waals surface area contributed by atoms with E-state index < -0.39 is 0 Å². The first-order valence-electron chi connectivity index (χ1n) is 7.06. The molecule has 18 heavy (non-hydrogen) atoms. The Morgan fingerprint density at radius 2 is 1.28 bits per heavy atom. The van der Waals surface area contributed by atoms with Gasteiger partial charge < -0.3 is 19.3 Å². The summed E-state index contributed by atoms with van der Waals surface area (Å²) < 4.78 is 10.3. The second kappa shape index (κ2) is 22.1. The summed E-state index contributed by atoms with van der Waals surface area (Å²) in [5.41, 5.74) is 0. The van der Waals surface area contributed by atoms with Gasteiger partial charge in [0.15, 0.2) is 0 Å². The lowest BCUT2D eigenvalue weighted by atomic mass is 10.5. The van der Waals surface area contributed by atoms with Crippen LogP contribution in [0.25, 0.3) is 0 Å². The smallest absolute Gasteiger partial charge is 0.0700 e. The zero-order valence-electron chi connectivity index (χ0n) is 14.0. The SMILES string of the molecule is CC.CC.COCCOCCN(C)CCN(C)C. The molecule has 0 heterocycles. The van der Waals surface area contributed by atoms with Crippen molar-refractivity contribution >= 4 is 0 Å². The average Bonchev–Trinajstić information content (AvgIpc) is 2.41. The molecule has 0 aromatic carbocycles. The standard InChI is InChI=1S/C10H24N2O2.2C2H6/c1-11(2)5-6-12(3)7-8-14-10-9-13-4;2*1-2/h5-10H2,1-4H3;2*1-2H3. The van der Waals surface area contributed by atoms with Crippen molar-refractivity contribution < 1.29 is 9.47 Å². The van der Waals surface area contributed by atoms with Gasteiger partial charge in [-0.2, -0.15) is 0 Å². The molecule has 0 saturated heterocycles. The molecule has 0 aliphatic heterocycles. The van der Waals surface area contributed by atoms with E-state index in [2.05, 4.69) is 30.9 Å². The van der Waals surface area contributed by atoms with E-state index in [4.69, 9.17) is 9.47 Å². The Hall–Kier alpha value is -0.160. The molecule has 0 unspecified atom stereocenters. The van der Waals surface area contributed by atoms with Gasteiger partial charge in [0.05, 0.1) is 19.8 Å². The summed E-state index contributed by atoms with van der Waals surface area (Å²) in [6, 6.07) is 0. The van der Waals surface area contributed by atoms with Crippen molar-refractivity contribution in [2.75, 3.05) is 67.7 Å². The van der Waals surface area contributed by atoms with Crippen LogP contribution in [-0.2, 0) is 9.47 Å². The zero-order valence-corrected chi connectivity index (χ0v) is 14.0. The normalized spacial score (nSPS) is 9.67. The predicted octanol–water partition coefficient (Wildman–Crippen LogP) is 2.20. The van der Waals surface area contributed by atoms with Crippen molar-refractivity contribution in [3.05, 3.63) is 0 Å². The number of methoxy groups -OCH3 is 1. The van der Waals surface area contributed by atoms with Crippen molar-refractivity contribution in [3.8, 4) is 0 Å². The van der Waals surface area contributed by atoms with E-state index in [9.17, 15) is 0 Å². The molecule has 0 atom stereocenters. The lowest BCUT2D eigenvalue weighted by Gasteiger charge is -2.18. The molecule has 0 aliphatic rings. The highest BCUT2D eigenvalue weighted by atomic mass is 16.5. The Balaban J connectivity index is -0.000000506. The maximum absolute atomic E-state index is 5.37. The Morgan fingerprint density at radius 3 is 1.72 bits per heavy atom. The molecule has 0 N–H and O–H groups in total. The lowest BCUT2D eigenvalue weighted by molar-refractivity contribution is 0.0599. The third-order valence-corrected chi connectivity index (χ3v) is 1.98. The minimum Gasteiger partial charge on any atom is -0.382 e. The van der Waals surface area contributed by atoms with Crippen LogP contribution in [0.5, 0.6) is 0 Å². The first-order valence-corrected chi connectivity index (χ1v) is 7.06. The van der Waals surface area contributed by atoms with E-state index in [1.807, 2.05) is 27.7 Å². The molecule has 0 spiro atoms. The first-order chi connectivity index (χ1) is 8.66. The molecular formula is C14H36N2O2. The Morgan fingerprint density at radius 1 is 0.722 bits per heavy atom. The topological polar surface area (TPSA) is 24.9 Å². The second-order valence-corrected chi connectivity index (χ2v) is 3.71. The van der Waals surface area contributed by atoms with E-state index in [1.54, 1.807) is 7.11 Å². The third-order valence-electron chi connectivity index (χ3n) is 1.98. The van der Waals surface area contributed by atoms with Gasteiger partial charge in [0.25, 0.3) is 0 Å². The number of hydrogen-bond donors (Lipinski definition) is 0. The fourth-order valence-electron chi connectivity index (χ4n) is 0.947. The van der Waals surface area contributed by atoms with Crippen LogP contribution in [0.15, 0.2) is 0 Å². The third kappa shape index (κ3) is 24.9. The van der Waals surface area contributed by atoms with Crippen LogP contribution in [0.1, 0.15) is 27.7 Å². The summed E-state index contributed by atoms with van der Waals surface area (Å²) in [5.74, 6) is 0. The van der Waals surface area contributed by atoms with Gasteiger partial charge in [0.2, 0.25) is 0 Å². The van der Waals surface area contributed by atoms with Crippen molar-refractivity contribution in [2.24, 2.45) is 0 Å². The van der Waals surface area contributed by atoms with Crippen molar-refractivity contribution in [2.45, 2.75) is 27.7 Å². The number of likely N-dealkylation sites (N-methyl/N-ethyl adjacent to an activating group) is 2. The van der Waals surface area contributed by atoms with Gasteiger partial charge in [-0.25, -0.2) is 0 Å². The molecule has 114 valence electrons. The zero-order chi connectivity index (χ0) is 14.8. The highest BCUT2D eigenvalue weighted by Gasteiger charge is 1.98. The van der Waals surface area contributed by atoms with Crippen molar-refractivity contribution in [1.82, 2.24) is 9.80 Å². The van der Waals surface area contributed by atoms with Gasteiger partial charge in [-0.15, -0.1) is 0 Å². The van der Waals surface area contributed by atoms with Gasteiger partial charge in [0.1, 0.15) is 0 Å². The van der Waals surface area contributed by atoms with Gasteiger partial charge in [0, 0.05) is 26.7 Å². The fraction of sp³-hybridized carbons (Fsp3) is 1.00. The van der Waals surface area contributed by atoms with Gasteiger partial charge >= 0.3 is 0 Å². The largest absolute Gasteiger partial charge is 0.382 e. The molecule has 0 rings (SSSR count). The first kappa shape index (κ1) is 23.0. The van der Waals surface area contributed by atoms with E-state index in [-0.39, 0.29) is 0 Å². The van der Waals surface area contributed by atoms with Crippen molar-refractivity contribution in [3.63, 3.8) is 0 Å². The number of hydrogen-bond acceptors (Lipinski definition) is 4. The highest BCUT2D eigenvalue weighted by molar-refractivity contribution is 4.53. The Kier molecular flexibility index (Phi) is 28.2. The molecule has 0 fully saturated rings. The summed E-state index contributed by atoms with van der Waals surface area (Å²) in [6.45, 7) is 13.3. The number of nitrogens with zero attached hydrogens (tertiary/aromatic N) is 2. The van der Waals surface area contributed by atoms with Crippen LogP contribution in [0.2, 0.25) is 0 Å².